The van der Waals surface area contributed by atoms with Gasteiger partial charge in [-0.1, -0.05) is 12.1 Å². The molecule has 0 aliphatic carbocycles. The highest BCUT2D eigenvalue weighted by atomic mass is 35.5. The Morgan fingerprint density at radius 3 is 2.74 bits per heavy atom. The SMILES string of the molecule is CCCN(C(=O)c1cc(C)on1)C1CCNCC1.Cl. The van der Waals surface area contributed by atoms with E-state index in [4.69, 9.17) is 4.52 Å². The Morgan fingerprint density at radius 2 is 2.21 bits per heavy atom. The van der Waals surface area contributed by atoms with Gasteiger partial charge in [0.25, 0.3) is 5.91 Å². The van der Waals surface area contributed by atoms with Crippen LogP contribution in [0, 0.1) is 6.92 Å². The molecule has 0 atom stereocenters. The van der Waals surface area contributed by atoms with E-state index in [0.29, 0.717) is 17.5 Å². The van der Waals surface area contributed by atoms with Crippen molar-refractivity contribution in [2.75, 3.05) is 19.6 Å². The first kappa shape index (κ1) is 16.0. The number of hydrogen-bond acceptors (Lipinski definition) is 4. The summed E-state index contributed by atoms with van der Waals surface area (Å²) in [5.74, 6) is 0.681. The highest BCUT2D eigenvalue weighted by molar-refractivity contribution is 5.92. The first-order chi connectivity index (χ1) is 8.72. The monoisotopic (exact) mass is 287 g/mol. The first-order valence-electron chi connectivity index (χ1n) is 6.67. The summed E-state index contributed by atoms with van der Waals surface area (Å²) in [4.78, 5) is 14.4. The zero-order valence-corrected chi connectivity index (χ0v) is 12.3. The van der Waals surface area contributed by atoms with E-state index < -0.39 is 0 Å². The number of nitrogens with one attached hydrogen (secondary N) is 1. The standard InChI is InChI=1S/C13H21N3O2.ClH/c1-3-8-16(11-4-6-14-7-5-11)13(17)12-9-10(2)18-15-12;/h9,11,14H,3-8H2,1-2H3;1H. The molecule has 1 aromatic heterocycles. The van der Waals surface area contributed by atoms with Gasteiger partial charge in [-0.3, -0.25) is 4.79 Å². The van der Waals surface area contributed by atoms with Crippen LogP contribution in [0.25, 0.3) is 0 Å². The van der Waals surface area contributed by atoms with Crippen LogP contribution in [-0.2, 0) is 0 Å². The zero-order chi connectivity index (χ0) is 13.0. The second kappa shape index (κ2) is 7.50. The zero-order valence-electron chi connectivity index (χ0n) is 11.5. The van der Waals surface area contributed by atoms with Gasteiger partial charge in [-0.25, -0.2) is 0 Å². The van der Waals surface area contributed by atoms with E-state index in [9.17, 15) is 4.79 Å². The molecule has 0 saturated carbocycles. The molecule has 1 N–H and O–H groups in total. The summed E-state index contributed by atoms with van der Waals surface area (Å²) < 4.78 is 4.99. The fourth-order valence-corrected chi connectivity index (χ4v) is 2.42. The molecule has 0 bridgehead atoms. The van der Waals surface area contributed by atoms with Crippen LogP contribution in [0.4, 0.5) is 0 Å². The molecule has 19 heavy (non-hydrogen) atoms. The van der Waals surface area contributed by atoms with Gasteiger partial charge in [0.05, 0.1) is 0 Å². The molecule has 1 aliphatic rings. The third-order valence-electron chi connectivity index (χ3n) is 3.32. The third-order valence-corrected chi connectivity index (χ3v) is 3.32. The van der Waals surface area contributed by atoms with Crippen molar-refractivity contribution in [1.82, 2.24) is 15.4 Å². The van der Waals surface area contributed by atoms with E-state index in [2.05, 4.69) is 17.4 Å². The Kier molecular flexibility index (Phi) is 6.31. The summed E-state index contributed by atoms with van der Waals surface area (Å²) in [6.07, 6.45) is 3.00. The van der Waals surface area contributed by atoms with Crippen LogP contribution in [0.2, 0.25) is 0 Å². The van der Waals surface area contributed by atoms with Gasteiger partial charge in [0, 0.05) is 18.7 Å². The van der Waals surface area contributed by atoms with Crippen molar-refractivity contribution in [2.45, 2.75) is 39.2 Å². The highest BCUT2D eigenvalue weighted by Gasteiger charge is 2.27. The van der Waals surface area contributed by atoms with Crippen LogP contribution < -0.4 is 5.32 Å². The van der Waals surface area contributed by atoms with Gasteiger partial charge in [-0.2, -0.15) is 0 Å². The lowest BCUT2D eigenvalue weighted by Crippen LogP contribution is -2.46. The summed E-state index contributed by atoms with van der Waals surface area (Å²) in [5.41, 5.74) is 0.430. The average molecular weight is 288 g/mol. The molecule has 6 heteroatoms. The summed E-state index contributed by atoms with van der Waals surface area (Å²) in [7, 11) is 0. The van der Waals surface area contributed by atoms with Crippen LogP contribution in [0.5, 0.6) is 0 Å². The van der Waals surface area contributed by atoms with Crippen LogP contribution in [0.3, 0.4) is 0 Å². The van der Waals surface area contributed by atoms with E-state index in [1.807, 2.05) is 4.90 Å². The lowest BCUT2D eigenvalue weighted by atomic mass is 10.0. The number of rotatable bonds is 4. The van der Waals surface area contributed by atoms with Crippen LogP contribution in [0.1, 0.15) is 42.4 Å². The number of halogens is 1. The van der Waals surface area contributed by atoms with Crippen molar-refractivity contribution in [3.8, 4) is 0 Å². The lowest BCUT2D eigenvalue weighted by molar-refractivity contribution is 0.0632. The minimum absolute atomic E-state index is 0. The Balaban J connectivity index is 0.00000180. The smallest absolute Gasteiger partial charge is 0.276 e. The Hall–Kier alpha value is -1.07. The fourth-order valence-electron chi connectivity index (χ4n) is 2.42. The van der Waals surface area contributed by atoms with Crippen LogP contribution in [-0.4, -0.2) is 41.6 Å². The van der Waals surface area contributed by atoms with Gasteiger partial charge < -0.3 is 14.7 Å². The van der Waals surface area contributed by atoms with Crippen molar-refractivity contribution in [3.05, 3.63) is 17.5 Å². The maximum Gasteiger partial charge on any atom is 0.276 e. The summed E-state index contributed by atoms with van der Waals surface area (Å²) >= 11 is 0. The number of aryl methyl sites for hydroxylation is 1. The molecule has 0 unspecified atom stereocenters. The van der Waals surface area contributed by atoms with Gasteiger partial charge in [0.1, 0.15) is 5.76 Å². The highest BCUT2D eigenvalue weighted by Crippen LogP contribution is 2.16. The number of carbonyl (C=O) groups is 1. The Bertz CT molecular complexity index is 402. The number of aromatic nitrogens is 1. The van der Waals surface area contributed by atoms with Crippen LogP contribution >= 0.6 is 12.4 Å². The van der Waals surface area contributed by atoms with Crippen LogP contribution in [0.15, 0.2) is 10.6 Å². The molecule has 1 aliphatic heterocycles. The molecule has 1 saturated heterocycles. The molecule has 1 aromatic rings. The average Bonchev–Trinajstić information content (AvgIpc) is 2.83. The number of amides is 1. The van der Waals surface area contributed by atoms with Gasteiger partial charge in [0.2, 0.25) is 0 Å². The quantitative estimate of drug-likeness (QED) is 0.920. The van der Waals surface area contributed by atoms with Crippen molar-refractivity contribution < 1.29 is 9.32 Å². The predicted octanol–water partition coefficient (Wildman–Crippen LogP) is 2.01. The van der Waals surface area contributed by atoms with Crippen molar-refractivity contribution in [2.24, 2.45) is 0 Å². The molecule has 0 spiro atoms. The van der Waals surface area contributed by atoms with E-state index >= 15 is 0 Å². The largest absolute Gasteiger partial charge is 0.361 e. The summed E-state index contributed by atoms with van der Waals surface area (Å²) in [6, 6.07) is 2.04. The maximum absolute atomic E-state index is 12.4. The first-order valence-corrected chi connectivity index (χ1v) is 6.67. The topological polar surface area (TPSA) is 58.4 Å². The van der Waals surface area contributed by atoms with E-state index in [1.165, 1.54) is 0 Å². The predicted molar refractivity (Wildman–Crippen MR) is 75.7 cm³/mol. The third kappa shape index (κ3) is 3.94. The van der Waals surface area contributed by atoms with Crippen molar-refractivity contribution >= 4 is 18.3 Å². The molecule has 0 radical (unpaired) electrons. The number of hydrogen-bond donors (Lipinski definition) is 1. The Morgan fingerprint density at radius 1 is 1.53 bits per heavy atom. The molecular formula is C13H22ClN3O2. The second-order valence-electron chi connectivity index (χ2n) is 4.80. The van der Waals surface area contributed by atoms with E-state index in [-0.39, 0.29) is 18.3 Å². The second-order valence-corrected chi connectivity index (χ2v) is 4.80. The fraction of sp³-hybridized carbons (Fsp3) is 0.692. The van der Waals surface area contributed by atoms with Gasteiger partial charge in [-0.05, 0) is 39.3 Å². The number of carbonyl (C=O) groups excluding carboxylic acids is 1. The molecule has 5 nitrogen and oxygen atoms in total. The molecule has 2 heterocycles. The maximum atomic E-state index is 12.4. The molecule has 2 rings (SSSR count). The molecule has 108 valence electrons. The molecule has 1 fully saturated rings. The molecule has 0 aromatic carbocycles. The van der Waals surface area contributed by atoms with Crippen molar-refractivity contribution in [1.29, 1.82) is 0 Å². The molecular weight excluding hydrogens is 266 g/mol. The Labute approximate surface area is 120 Å². The number of nitrogens with zero attached hydrogens (tertiary/aromatic N) is 2. The van der Waals surface area contributed by atoms with E-state index in [1.54, 1.807) is 13.0 Å². The lowest BCUT2D eigenvalue weighted by Gasteiger charge is -2.34. The minimum Gasteiger partial charge on any atom is -0.361 e. The molecule has 1 amide bonds. The van der Waals surface area contributed by atoms with Crippen molar-refractivity contribution in [3.63, 3.8) is 0 Å². The van der Waals surface area contributed by atoms with Gasteiger partial charge in [0.15, 0.2) is 5.69 Å². The number of piperidine rings is 1. The van der Waals surface area contributed by atoms with Gasteiger partial charge in [-0.15, -0.1) is 12.4 Å². The van der Waals surface area contributed by atoms with E-state index in [0.717, 1.165) is 38.9 Å². The minimum atomic E-state index is 0. The normalized spacial score (nSPS) is 15.9. The summed E-state index contributed by atoms with van der Waals surface area (Å²) in [5, 5.41) is 7.15. The van der Waals surface area contributed by atoms with Gasteiger partial charge >= 0.3 is 0 Å². The summed E-state index contributed by atoms with van der Waals surface area (Å²) in [6.45, 7) is 6.65.